The minimum atomic E-state index is -4.34. The Morgan fingerprint density at radius 3 is 2.42 bits per heavy atom. The highest BCUT2D eigenvalue weighted by Crippen LogP contribution is 2.44. The van der Waals surface area contributed by atoms with Crippen LogP contribution in [0.2, 0.25) is 0 Å². The fraction of sp³-hybridized carbons (Fsp3) is 0.600. The van der Waals surface area contributed by atoms with Crippen LogP contribution in [0.4, 0.5) is 24.5 Å². The Labute approximate surface area is 266 Å². The molecule has 0 aromatic heterocycles. The highest BCUT2D eigenvalue weighted by Gasteiger charge is 2.48. The van der Waals surface area contributed by atoms with Crippen molar-refractivity contribution in [2.45, 2.75) is 76.2 Å². The monoisotopic (exact) mass is 627 g/mol. The van der Waals surface area contributed by atoms with Gasteiger partial charge in [-0.1, -0.05) is 24.3 Å². The highest BCUT2D eigenvalue weighted by molar-refractivity contribution is 6.00. The van der Waals surface area contributed by atoms with Gasteiger partial charge in [0.2, 0.25) is 11.8 Å². The van der Waals surface area contributed by atoms with Crippen LogP contribution in [0.15, 0.2) is 48.5 Å². The van der Waals surface area contributed by atoms with Crippen molar-refractivity contribution >= 4 is 23.2 Å². The van der Waals surface area contributed by atoms with E-state index in [1.165, 1.54) is 0 Å². The van der Waals surface area contributed by atoms with Crippen LogP contribution < -0.4 is 15.5 Å². The lowest BCUT2D eigenvalue weighted by Crippen LogP contribution is -2.59. The van der Waals surface area contributed by atoms with E-state index < -0.39 is 18.0 Å². The summed E-state index contributed by atoms with van der Waals surface area (Å²) in [5.74, 6) is -2.66. The van der Waals surface area contributed by atoms with Gasteiger partial charge in [-0.3, -0.25) is 14.5 Å². The van der Waals surface area contributed by atoms with Gasteiger partial charge in [-0.05, 0) is 94.3 Å². The van der Waals surface area contributed by atoms with E-state index in [1.807, 2.05) is 61.3 Å². The number of benzene rings is 2. The van der Waals surface area contributed by atoms with Crippen LogP contribution >= 0.6 is 0 Å². The zero-order valence-electron chi connectivity index (χ0n) is 26.5. The van der Waals surface area contributed by atoms with E-state index in [0.717, 1.165) is 42.9 Å². The fourth-order valence-corrected chi connectivity index (χ4v) is 8.18. The molecule has 246 valence electrons. The molecule has 0 radical (unpaired) electrons. The topological polar surface area (TPSA) is 67.9 Å². The molecular formula is C35H48F3N5O2. The van der Waals surface area contributed by atoms with E-state index in [-0.39, 0.29) is 50.0 Å². The van der Waals surface area contributed by atoms with Gasteiger partial charge in [0.05, 0.1) is 11.8 Å². The first-order valence-electron chi connectivity index (χ1n) is 16.5. The van der Waals surface area contributed by atoms with Crippen LogP contribution in [0.1, 0.15) is 57.5 Å². The molecule has 1 aliphatic carbocycles. The van der Waals surface area contributed by atoms with E-state index >= 15 is 0 Å². The minimum absolute atomic E-state index is 0. The lowest BCUT2D eigenvalue weighted by atomic mass is 9.74. The van der Waals surface area contributed by atoms with Gasteiger partial charge in [0.15, 0.2) is 0 Å². The number of likely N-dealkylation sites (N-methyl/N-ethyl adjacent to an activating group) is 1. The number of aryl methyl sites for hydroxylation is 1. The quantitative estimate of drug-likeness (QED) is 0.448. The number of carbonyl (C=O) groups is 2. The summed E-state index contributed by atoms with van der Waals surface area (Å²) < 4.78 is 42.1. The molecule has 2 aromatic rings. The van der Waals surface area contributed by atoms with Gasteiger partial charge in [-0.2, -0.15) is 13.2 Å². The second-order valence-electron chi connectivity index (χ2n) is 13.9. The number of para-hydroxylation sites is 1. The number of fused-ring (bicyclic) bond motifs is 1. The number of amides is 2. The zero-order valence-corrected chi connectivity index (χ0v) is 26.5. The largest absolute Gasteiger partial charge is 0.391 e. The summed E-state index contributed by atoms with van der Waals surface area (Å²) in [5.41, 5.74) is 3.25. The van der Waals surface area contributed by atoms with Gasteiger partial charge in [-0.25, -0.2) is 0 Å². The number of nitrogens with zero attached hydrogens (tertiary/aromatic N) is 3. The van der Waals surface area contributed by atoms with E-state index in [4.69, 9.17) is 0 Å². The summed E-state index contributed by atoms with van der Waals surface area (Å²) in [4.78, 5) is 34.2. The van der Waals surface area contributed by atoms with Crippen molar-refractivity contribution in [3.05, 3.63) is 59.7 Å². The number of halogens is 3. The molecule has 7 atom stereocenters. The lowest BCUT2D eigenvalue weighted by Gasteiger charge is -2.48. The number of hydrogen-bond acceptors (Lipinski definition) is 5. The number of rotatable bonds is 5. The number of nitrogens with one attached hydrogen (secondary N) is 2. The number of anilines is 2. The van der Waals surface area contributed by atoms with Crippen LogP contribution in [0, 0.1) is 24.7 Å². The maximum Gasteiger partial charge on any atom is 0.391 e. The molecule has 2 N–H and O–H groups in total. The van der Waals surface area contributed by atoms with Gasteiger partial charge >= 0.3 is 6.18 Å². The molecule has 7 unspecified atom stereocenters. The molecule has 2 amide bonds. The number of piperidine rings is 2. The van der Waals surface area contributed by atoms with Crippen molar-refractivity contribution in [2.75, 3.05) is 50.0 Å². The number of alkyl halides is 3. The van der Waals surface area contributed by atoms with Crippen molar-refractivity contribution in [2.24, 2.45) is 17.8 Å². The third-order valence-electron chi connectivity index (χ3n) is 10.8. The second-order valence-corrected chi connectivity index (χ2v) is 13.9. The Bertz CT molecular complexity index is 1370. The first-order valence-corrected chi connectivity index (χ1v) is 16.5. The molecule has 0 spiro atoms. The molecule has 3 heterocycles. The molecule has 6 rings (SSSR count). The Morgan fingerprint density at radius 2 is 1.71 bits per heavy atom. The number of piperazine rings is 1. The standard InChI is InChI=1S/C35H46F3N5O2.H2/c1-22-9-10-27(40-33(44)24-16-26(35(36,37)38)19-29(17-24)42-13-11-41(3)12-14-42)20-30(22)31-18-25-21-39-23(2)15-32(25)43(34(31)45)28-7-5-4-6-8-28;/h4-10,20,23-26,29,31-32,39H,11-19,21H2,1-3H3,(H,40,44);1H. The predicted molar refractivity (Wildman–Crippen MR) is 172 cm³/mol. The minimum Gasteiger partial charge on any atom is -0.326 e. The second kappa shape index (κ2) is 13.0. The Hall–Kier alpha value is -2.95. The molecule has 3 aliphatic heterocycles. The summed E-state index contributed by atoms with van der Waals surface area (Å²) >= 11 is 0. The molecule has 7 nitrogen and oxygen atoms in total. The molecular weight excluding hydrogens is 579 g/mol. The maximum atomic E-state index is 14.3. The van der Waals surface area contributed by atoms with E-state index in [9.17, 15) is 22.8 Å². The molecule has 4 aliphatic rings. The smallest absolute Gasteiger partial charge is 0.326 e. The van der Waals surface area contributed by atoms with Crippen LogP contribution in [0.25, 0.3) is 0 Å². The average molecular weight is 628 g/mol. The first-order chi connectivity index (χ1) is 21.5. The van der Waals surface area contributed by atoms with E-state index in [1.54, 1.807) is 6.07 Å². The van der Waals surface area contributed by atoms with Crippen molar-refractivity contribution in [1.82, 2.24) is 15.1 Å². The molecule has 1 saturated carbocycles. The Morgan fingerprint density at radius 1 is 0.978 bits per heavy atom. The van der Waals surface area contributed by atoms with Gasteiger partial charge < -0.3 is 20.4 Å². The van der Waals surface area contributed by atoms with Gasteiger partial charge in [0.1, 0.15) is 0 Å². The van der Waals surface area contributed by atoms with E-state index in [2.05, 4.69) is 27.4 Å². The van der Waals surface area contributed by atoms with Gasteiger partial charge in [-0.15, -0.1) is 0 Å². The van der Waals surface area contributed by atoms with Gasteiger partial charge in [0.25, 0.3) is 0 Å². The maximum absolute atomic E-state index is 14.3. The van der Waals surface area contributed by atoms with Crippen LogP contribution in [-0.2, 0) is 9.59 Å². The lowest BCUT2D eigenvalue weighted by molar-refractivity contribution is -0.192. The third-order valence-corrected chi connectivity index (χ3v) is 10.8. The normalized spacial score (nSPS) is 31.8. The van der Waals surface area contributed by atoms with Crippen molar-refractivity contribution < 1.29 is 24.2 Å². The Balaban J connectivity index is 0.00000417. The number of hydrogen-bond donors (Lipinski definition) is 2. The number of carbonyl (C=O) groups excluding carboxylic acids is 2. The summed E-state index contributed by atoms with van der Waals surface area (Å²) in [5, 5.41) is 6.56. The SMILES string of the molecule is Cc1ccc(NC(=O)C2CC(N3CCN(C)CC3)CC(C(F)(F)F)C2)cc1C1CC2CNC(C)CC2N(c2ccccc2)C1=O.[HH]. The Kier molecular flexibility index (Phi) is 9.28. The molecule has 3 saturated heterocycles. The summed E-state index contributed by atoms with van der Waals surface area (Å²) in [6.07, 6.45) is -2.49. The zero-order chi connectivity index (χ0) is 31.9. The van der Waals surface area contributed by atoms with E-state index in [0.29, 0.717) is 37.7 Å². The summed E-state index contributed by atoms with van der Waals surface area (Å²) in [6.45, 7) is 8.01. The van der Waals surface area contributed by atoms with Crippen LogP contribution in [0.5, 0.6) is 0 Å². The van der Waals surface area contributed by atoms with Crippen molar-refractivity contribution in [3.8, 4) is 0 Å². The molecule has 45 heavy (non-hydrogen) atoms. The van der Waals surface area contributed by atoms with Crippen LogP contribution in [-0.4, -0.2) is 85.7 Å². The molecule has 4 fully saturated rings. The van der Waals surface area contributed by atoms with Gasteiger partial charge in [0, 0.05) is 69.6 Å². The summed E-state index contributed by atoms with van der Waals surface area (Å²) in [7, 11) is 2.02. The summed E-state index contributed by atoms with van der Waals surface area (Å²) in [6, 6.07) is 15.6. The van der Waals surface area contributed by atoms with Crippen LogP contribution in [0.3, 0.4) is 0 Å². The third kappa shape index (κ3) is 6.93. The van der Waals surface area contributed by atoms with Crippen molar-refractivity contribution in [3.63, 3.8) is 0 Å². The molecule has 2 aromatic carbocycles. The average Bonchev–Trinajstić information content (AvgIpc) is 3.02. The van der Waals surface area contributed by atoms with Crippen molar-refractivity contribution in [1.29, 1.82) is 0 Å². The highest BCUT2D eigenvalue weighted by atomic mass is 19.4. The molecule has 10 heteroatoms. The predicted octanol–water partition coefficient (Wildman–Crippen LogP) is 5.66. The first kappa shape index (κ1) is 32.0. The fourth-order valence-electron chi connectivity index (χ4n) is 8.18. The molecule has 0 bridgehead atoms.